The molecule has 2 aromatic carbocycles. The summed E-state index contributed by atoms with van der Waals surface area (Å²) in [7, 11) is 1.72. The maximum atomic E-state index is 5.51. The topological polar surface area (TPSA) is 33.7 Å². The van der Waals surface area contributed by atoms with Crippen molar-refractivity contribution in [2.75, 3.05) is 40.0 Å². The summed E-state index contributed by atoms with van der Waals surface area (Å²) < 4.78 is 10.9. The summed E-state index contributed by atoms with van der Waals surface area (Å²) in [5.41, 5.74) is 2.54. The van der Waals surface area contributed by atoms with E-state index in [2.05, 4.69) is 52.7 Å². The monoisotopic (exact) mass is 326 g/mol. The van der Waals surface area contributed by atoms with Crippen molar-refractivity contribution >= 4 is 0 Å². The number of rotatable bonds is 7. The Morgan fingerprint density at radius 1 is 1.04 bits per heavy atom. The molecule has 4 nitrogen and oxygen atoms in total. The molecule has 1 heterocycles. The predicted octanol–water partition coefficient (Wildman–Crippen LogP) is 2.86. The average Bonchev–Trinajstić information content (AvgIpc) is 2.67. The van der Waals surface area contributed by atoms with Gasteiger partial charge in [-0.05, 0) is 11.6 Å². The minimum absolute atomic E-state index is 0.366. The molecular formula is C20H26N2O2. The van der Waals surface area contributed by atoms with Gasteiger partial charge in [0, 0.05) is 37.8 Å². The van der Waals surface area contributed by atoms with Crippen LogP contribution in [0, 0.1) is 0 Å². The lowest BCUT2D eigenvalue weighted by atomic mass is 10.0. The molecule has 3 rings (SSSR count). The van der Waals surface area contributed by atoms with E-state index in [9.17, 15) is 0 Å². The van der Waals surface area contributed by atoms with Gasteiger partial charge in [0.2, 0.25) is 0 Å². The average molecular weight is 326 g/mol. The first-order chi connectivity index (χ1) is 11.9. The molecule has 1 N–H and O–H groups in total. The fraction of sp³-hybridized carbons (Fsp3) is 0.400. The van der Waals surface area contributed by atoms with Crippen LogP contribution in [0.25, 0.3) is 0 Å². The van der Waals surface area contributed by atoms with E-state index in [1.54, 1.807) is 7.11 Å². The van der Waals surface area contributed by atoms with E-state index in [1.807, 2.05) is 12.1 Å². The molecule has 0 saturated carbocycles. The summed E-state index contributed by atoms with van der Waals surface area (Å²) in [6.07, 6.45) is 0. The van der Waals surface area contributed by atoms with Gasteiger partial charge in [0.25, 0.3) is 0 Å². The van der Waals surface area contributed by atoms with Crippen molar-refractivity contribution in [2.24, 2.45) is 0 Å². The Labute approximate surface area is 144 Å². The van der Waals surface area contributed by atoms with Crippen molar-refractivity contribution in [2.45, 2.75) is 12.6 Å². The summed E-state index contributed by atoms with van der Waals surface area (Å²) in [6.45, 7) is 5.30. The van der Waals surface area contributed by atoms with Gasteiger partial charge in [-0.2, -0.15) is 0 Å². The summed E-state index contributed by atoms with van der Waals surface area (Å²) in [5.74, 6) is 0.938. The highest BCUT2D eigenvalue weighted by atomic mass is 16.5. The molecule has 1 aliphatic heterocycles. The van der Waals surface area contributed by atoms with Crippen molar-refractivity contribution in [3.05, 3.63) is 65.7 Å². The molecule has 1 fully saturated rings. The molecule has 1 unspecified atom stereocenters. The Balaban J connectivity index is 1.65. The molecule has 0 spiro atoms. The predicted molar refractivity (Wildman–Crippen MR) is 96.3 cm³/mol. The van der Waals surface area contributed by atoms with E-state index in [0.29, 0.717) is 6.04 Å². The lowest BCUT2D eigenvalue weighted by molar-refractivity contribution is 0.0161. The standard InChI is InChI=1S/C20H26N2O2/c1-23-20-10-6-5-9-18(20)15-21-16-19(17-7-3-2-4-8-17)22-11-13-24-14-12-22/h2-10,19,21H,11-16H2,1H3. The lowest BCUT2D eigenvalue weighted by Gasteiger charge is -2.35. The molecule has 0 radical (unpaired) electrons. The quantitative estimate of drug-likeness (QED) is 0.848. The van der Waals surface area contributed by atoms with Gasteiger partial charge in [0.1, 0.15) is 5.75 Å². The van der Waals surface area contributed by atoms with E-state index in [0.717, 1.165) is 45.1 Å². The largest absolute Gasteiger partial charge is 0.496 e. The number of morpholine rings is 1. The number of nitrogens with zero attached hydrogens (tertiary/aromatic N) is 1. The zero-order chi connectivity index (χ0) is 16.6. The molecule has 2 aromatic rings. The van der Waals surface area contributed by atoms with Crippen molar-refractivity contribution in [3.8, 4) is 5.75 Å². The second-order valence-electron chi connectivity index (χ2n) is 6.02. The van der Waals surface area contributed by atoms with E-state index in [1.165, 1.54) is 11.1 Å². The van der Waals surface area contributed by atoms with Crippen molar-refractivity contribution in [1.82, 2.24) is 10.2 Å². The number of para-hydroxylation sites is 1. The first-order valence-corrected chi connectivity index (χ1v) is 8.58. The zero-order valence-electron chi connectivity index (χ0n) is 14.3. The molecule has 0 aliphatic carbocycles. The van der Waals surface area contributed by atoms with E-state index in [-0.39, 0.29) is 0 Å². The lowest BCUT2D eigenvalue weighted by Crippen LogP contribution is -2.42. The van der Waals surface area contributed by atoms with Crippen LogP contribution in [-0.2, 0) is 11.3 Å². The molecule has 0 aromatic heterocycles. The Hall–Kier alpha value is -1.88. The van der Waals surface area contributed by atoms with Crippen LogP contribution in [0.5, 0.6) is 5.75 Å². The molecule has 24 heavy (non-hydrogen) atoms. The maximum absolute atomic E-state index is 5.51. The second-order valence-corrected chi connectivity index (χ2v) is 6.02. The third-order valence-corrected chi connectivity index (χ3v) is 4.52. The van der Waals surface area contributed by atoms with Crippen LogP contribution >= 0.6 is 0 Å². The summed E-state index contributed by atoms with van der Waals surface area (Å²) in [5, 5.41) is 3.61. The minimum atomic E-state index is 0.366. The van der Waals surface area contributed by atoms with Gasteiger partial charge in [0.15, 0.2) is 0 Å². The third-order valence-electron chi connectivity index (χ3n) is 4.52. The Bertz CT molecular complexity index is 612. The van der Waals surface area contributed by atoms with Gasteiger partial charge in [-0.15, -0.1) is 0 Å². The fourth-order valence-corrected chi connectivity index (χ4v) is 3.21. The molecule has 0 amide bonds. The third kappa shape index (κ3) is 4.35. The number of nitrogens with one attached hydrogen (secondary N) is 1. The van der Waals surface area contributed by atoms with Gasteiger partial charge in [-0.25, -0.2) is 0 Å². The molecule has 128 valence electrons. The molecule has 0 bridgehead atoms. The van der Waals surface area contributed by atoms with Crippen LogP contribution in [0.15, 0.2) is 54.6 Å². The van der Waals surface area contributed by atoms with E-state index >= 15 is 0 Å². The van der Waals surface area contributed by atoms with Crippen LogP contribution in [-0.4, -0.2) is 44.9 Å². The maximum Gasteiger partial charge on any atom is 0.123 e. The Morgan fingerprint density at radius 3 is 2.50 bits per heavy atom. The van der Waals surface area contributed by atoms with E-state index in [4.69, 9.17) is 9.47 Å². The smallest absolute Gasteiger partial charge is 0.123 e. The van der Waals surface area contributed by atoms with Gasteiger partial charge in [-0.3, -0.25) is 4.90 Å². The molecule has 1 saturated heterocycles. The summed E-state index contributed by atoms with van der Waals surface area (Å²) in [6, 6.07) is 19.3. The van der Waals surface area contributed by atoms with Crippen LogP contribution in [0.1, 0.15) is 17.2 Å². The Kier molecular flexibility index (Phi) is 6.24. The highest BCUT2D eigenvalue weighted by molar-refractivity contribution is 5.33. The van der Waals surface area contributed by atoms with Crippen LogP contribution in [0.3, 0.4) is 0 Å². The van der Waals surface area contributed by atoms with Crippen LogP contribution in [0.2, 0.25) is 0 Å². The van der Waals surface area contributed by atoms with Crippen molar-refractivity contribution in [3.63, 3.8) is 0 Å². The summed E-state index contributed by atoms with van der Waals surface area (Å²) in [4.78, 5) is 2.51. The van der Waals surface area contributed by atoms with E-state index < -0.39 is 0 Å². The normalized spacial score (nSPS) is 16.7. The van der Waals surface area contributed by atoms with Gasteiger partial charge < -0.3 is 14.8 Å². The molecule has 1 aliphatic rings. The van der Waals surface area contributed by atoms with Crippen LogP contribution in [0.4, 0.5) is 0 Å². The molecule has 4 heteroatoms. The SMILES string of the molecule is COc1ccccc1CNCC(c1ccccc1)N1CCOCC1. The number of ether oxygens (including phenoxy) is 2. The van der Waals surface area contributed by atoms with Gasteiger partial charge in [-0.1, -0.05) is 48.5 Å². The highest BCUT2D eigenvalue weighted by Gasteiger charge is 2.22. The van der Waals surface area contributed by atoms with Gasteiger partial charge >= 0.3 is 0 Å². The number of hydrogen-bond donors (Lipinski definition) is 1. The molecular weight excluding hydrogens is 300 g/mol. The minimum Gasteiger partial charge on any atom is -0.496 e. The second kappa shape index (κ2) is 8.83. The Morgan fingerprint density at radius 2 is 1.75 bits per heavy atom. The van der Waals surface area contributed by atoms with Crippen molar-refractivity contribution < 1.29 is 9.47 Å². The van der Waals surface area contributed by atoms with Crippen molar-refractivity contribution in [1.29, 1.82) is 0 Å². The highest BCUT2D eigenvalue weighted by Crippen LogP contribution is 2.22. The number of benzene rings is 2. The first-order valence-electron chi connectivity index (χ1n) is 8.58. The fourth-order valence-electron chi connectivity index (χ4n) is 3.21. The number of hydrogen-bond acceptors (Lipinski definition) is 4. The van der Waals surface area contributed by atoms with Gasteiger partial charge in [0.05, 0.1) is 20.3 Å². The first kappa shape index (κ1) is 17.0. The summed E-state index contributed by atoms with van der Waals surface area (Å²) >= 11 is 0. The van der Waals surface area contributed by atoms with Crippen LogP contribution < -0.4 is 10.1 Å². The molecule has 1 atom stereocenters. The number of methoxy groups -OCH3 is 1. The zero-order valence-corrected chi connectivity index (χ0v) is 14.3.